The van der Waals surface area contributed by atoms with Gasteiger partial charge in [-0.05, 0) is 31.9 Å². The lowest BCUT2D eigenvalue weighted by Gasteiger charge is -2.18. The molecule has 1 aliphatic rings. The molecule has 1 saturated heterocycles. The van der Waals surface area contributed by atoms with Gasteiger partial charge in [-0.2, -0.15) is 0 Å². The molecular formula is C11H15NO2S. The highest BCUT2D eigenvalue weighted by atomic mass is 32.2. The fraction of sp³-hybridized carbons (Fsp3) is 0.455. The molecule has 2 rings (SSSR count). The highest BCUT2D eigenvalue weighted by Gasteiger charge is 2.29. The molecule has 2 unspecified atom stereocenters. The van der Waals surface area contributed by atoms with Crippen LogP contribution < -0.4 is 4.31 Å². The summed E-state index contributed by atoms with van der Waals surface area (Å²) in [6.45, 7) is 6.69. The predicted octanol–water partition coefficient (Wildman–Crippen LogP) is 2.11. The number of hydrogen-bond donors (Lipinski definition) is 0. The van der Waals surface area contributed by atoms with Crippen LogP contribution in [0.15, 0.2) is 18.2 Å². The van der Waals surface area contributed by atoms with Crippen LogP contribution in [0.3, 0.4) is 0 Å². The van der Waals surface area contributed by atoms with Gasteiger partial charge >= 0.3 is 0 Å². The minimum Gasteiger partial charge on any atom is -0.269 e. The first-order valence-electron chi connectivity index (χ1n) is 5.02. The number of nitrogens with zero attached hydrogens (tertiary/aromatic N) is 1. The number of benzene rings is 1. The van der Waals surface area contributed by atoms with Crippen molar-refractivity contribution < 1.29 is 8.39 Å². The molecule has 1 heterocycles. The number of aryl methyl sites for hydroxylation is 2. The lowest BCUT2D eigenvalue weighted by molar-refractivity contribution is 0.287. The molecule has 15 heavy (non-hydrogen) atoms. The zero-order chi connectivity index (χ0) is 11.0. The highest BCUT2D eigenvalue weighted by molar-refractivity contribution is 7.82. The number of para-hydroxylation sites is 1. The predicted molar refractivity (Wildman–Crippen MR) is 62.0 cm³/mol. The van der Waals surface area contributed by atoms with Gasteiger partial charge in [-0.3, -0.25) is 8.49 Å². The van der Waals surface area contributed by atoms with Crippen molar-refractivity contribution in [2.45, 2.75) is 26.9 Å². The lowest BCUT2D eigenvalue weighted by Crippen LogP contribution is -2.22. The van der Waals surface area contributed by atoms with Crippen LogP contribution in [0.2, 0.25) is 0 Å². The Bertz CT molecular complexity index is 385. The summed E-state index contributed by atoms with van der Waals surface area (Å²) < 4.78 is 18.8. The Kier molecular flexibility index (Phi) is 2.80. The molecule has 1 aromatic carbocycles. The maximum atomic E-state index is 11.7. The van der Waals surface area contributed by atoms with E-state index in [2.05, 4.69) is 0 Å². The molecule has 1 fully saturated rings. The Hall–Kier alpha value is -0.870. The molecule has 0 saturated carbocycles. The van der Waals surface area contributed by atoms with Crippen molar-refractivity contribution in [3.05, 3.63) is 29.3 Å². The summed E-state index contributed by atoms with van der Waals surface area (Å²) in [7, 11) is 0. The van der Waals surface area contributed by atoms with Crippen molar-refractivity contribution >= 4 is 17.0 Å². The van der Waals surface area contributed by atoms with Crippen molar-refractivity contribution in [2.24, 2.45) is 0 Å². The molecule has 0 amide bonds. The molecule has 0 aromatic heterocycles. The first kappa shape index (κ1) is 10.6. The van der Waals surface area contributed by atoms with Crippen molar-refractivity contribution in [1.82, 2.24) is 0 Å². The normalized spacial score (nSPS) is 25.9. The van der Waals surface area contributed by atoms with Crippen LogP contribution in [0.5, 0.6) is 0 Å². The van der Waals surface area contributed by atoms with Gasteiger partial charge in [0.25, 0.3) is 11.3 Å². The van der Waals surface area contributed by atoms with E-state index in [4.69, 9.17) is 4.18 Å². The molecule has 2 atom stereocenters. The molecule has 0 N–H and O–H groups in total. The SMILES string of the molecule is Cc1cccc(C)c1N1CC(C)OS1=O. The van der Waals surface area contributed by atoms with Crippen LogP contribution in [0, 0.1) is 13.8 Å². The average Bonchev–Trinajstić information content (AvgIpc) is 2.45. The number of hydrogen-bond acceptors (Lipinski definition) is 2. The second-order valence-electron chi connectivity index (χ2n) is 3.93. The maximum absolute atomic E-state index is 11.7. The molecule has 0 radical (unpaired) electrons. The summed E-state index contributed by atoms with van der Waals surface area (Å²) in [6, 6.07) is 6.07. The van der Waals surface area contributed by atoms with E-state index in [1.165, 1.54) is 0 Å². The standard InChI is InChI=1S/C11H15NO2S/c1-8-5-4-6-9(2)11(8)12-7-10(3)14-15(12)13/h4-6,10H,7H2,1-3H3. The average molecular weight is 225 g/mol. The third-order valence-corrected chi connectivity index (χ3v) is 3.72. The summed E-state index contributed by atoms with van der Waals surface area (Å²) >= 11 is -1.33. The Morgan fingerprint density at radius 3 is 2.47 bits per heavy atom. The molecule has 0 spiro atoms. The summed E-state index contributed by atoms with van der Waals surface area (Å²) in [6.07, 6.45) is 0.0323. The maximum Gasteiger partial charge on any atom is 0.264 e. The van der Waals surface area contributed by atoms with E-state index in [0.29, 0.717) is 6.54 Å². The van der Waals surface area contributed by atoms with E-state index in [-0.39, 0.29) is 6.10 Å². The zero-order valence-electron chi connectivity index (χ0n) is 9.19. The van der Waals surface area contributed by atoms with E-state index in [0.717, 1.165) is 16.8 Å². The number of rotatable bonds is 1. The molecular weight excluding hydrogens is 210 g/mol. The van der Waals surface area contributed by atoms with Gasteiger partial charge in [0.2, 0.25) is 0 Å². The zero-order valence-corrected chi connectivity index (χ0v) is 10.0. The van der Waals surface area contributed by atoms with Gasteiger partial charge in [0.1, 0.15) is 0 Å². The third kappa shape index (κ3) is 1.92. The van der Waals surface area contributed by atoms with E-state index in [1.54, 1.807) is 0 Å². The Balaban J connectivity index is 2.41. The van der Waals surface area contributed by atoms with Crippen molar-refractivity contribution in [2.75, 3.05) is 10.8 Å². The fourth-order valence-electron chi connectivity index (χ4n) is 1.88. The van der Waals surface area contributed by atoms with Crippen molar-refractivity contribution in [1.29, 1.82) is 0 Å². The first-order valence-corrected chi connectivity index (χ1v) is 6.05. The largest absolute Gasteiger partial charge is 0.269 e. The van der Waals surface area contributed by atoms with Gasteiger partial charge in [0.05, 0.1) is 18.3 Å². The van der Waals surface area contributed by atoms with Gasteiger partial charge < -0.3 is 0 Å². The second kappa shape index (κ2) is 3.94. The smallest absolute Gasteiger partial charge is 0.264 e. The van der Waals surface area contributed by atoms with Crippen LogP contribution in [-0.4, -0.2) is 16.9 Å². The van der Waals surface area contributed by atoms with E-state index in [9.17, 15) is 4.21 Å². The van der Waals surface area contributed by atoms with Gasteiger partial charge in [-0.15, -0.1) is 0 Å². The highest BCUT2D eigenvalue weighted by Crippen LogP contribution is 2.29. The molecule has 82 valence electrons. The number of anilines is 1. The minimum absolute atomic E-state index is 0.0323. The van der Waals surface area contributed by atoms with Crippen LogP contribution in [-0.2, 0) is 15.4 Å². The van der Waals surface area contributed by atoms with Crippen molar-refractivity contribution in [3.8, 4) is 0 Å². The monoisotopic (exact) mass is 225 g/mol. The summed E-state index contributed by atoms with van der Waals surface area (Å²) in [4.78, 5) is 0. The summed E-state index contributed by atoms with van der Waals surface area (Å²) in [5, 5.41) is 0. The van der Waals surface area contributed by atoms with Crippen LogP contribution in [0.4, 0.5) is 5.69 Å². The van der Waals surface area contributed by atoms with E-state index in [1.807, 2.05) is 43.3 Å². The molecule has 1 aliphatic heterocycles. The Labute approximate surface area is 92.8 Å². The van der Waals surface area contributed by atoms with E-state index < -0.39 is 11.3 Å². The summed E-state index contributed by atoms with van der Waals surface area (Å²) in [5.74, 6) is 0. The molecule has 4 heteroatoms. The second-order valence-corrected chi connectivity index (χ2v) is 4.99. The van der Waals surface area contributed by atoms with Gasteiger partial charge in [0, 0.05) is 0 Å². The molecule has 0 bridgehead atoms. The molecule has 3 nitrogen and oxygen atoms in total. The molecule has 0 aliphatic carbocycles. The van der Waals surface area contributed by atoms with E-state index >= 15 is 0 Å². The van der Waals surface area contributed by atoms with Crippen LogP contribution in [0.25, 0.3) is 0 Å². The minimum atomic E-state index is -1.33. The van der Waals surface area contributed by atoms with Gasteiger partial charge in [0.15, 0.2) is 0 Å². The molecule has 1 aromatic rings. The van der Waals surface area contributed by atoms with Gasteiger partial charge in [-0.25, -0.2) is 4.21 Å². The fourth-order valence-corrected chi connectivity index (χ4v) is 3.10. The topological polar surface area (TPSA) is 29.5 Å². The van der Waals surface area contributed by atoms with Crippen LogP contribution in [0.1, 0.15) is 18.1 Å². The third-order valence-electron chi connectivity index (χ3n) is 2.54. The van der Waals surface area contributed by atoms with Crippen molar-refractivity contribution in [3.63, 3.8) is 0 Å². The lowest BCUT2D eigenvalue weighted by atomic mass is 10.1. The van der Waals surface area contributed by atoms with Crippen LogP contribution >= 0.6 is 0 Å². The quantitative estimate of drug-likeness (QED) is 0.732. The first-order chi connectivity index (χ1) is 7.09. The van der Waals surface area contributed by atoms with Gasteiger partial charge in [-0.1, -0.05) is 18.2 Å². The Morgan fingerprint density at radius 2 is 2.00 bits per heavy atom. The summed E-state index contributed by atoms with van der Waals surface area (Å²) in [5.41, 5.74) is 3.32. The Morgan fingerprint density at radius 1 is 1.40 bits per heavy atom.